The fraction of sp³-hybridized carbons (Fsp3) is 0.231. The quantitative estimate of drug-likeness (QED) is 0.839. The van der Waals surface area contributed by atoms with Gasteiger partial charge in [-0.15, -0.1) is 0 Å². The number of nitrogens with one attached hydrogen (secondary N) is 1. The number of aromatic nitrogens is 2. The van der Waals surface area contributed by atoms with E-state index in [2.05, 4.69) is 15.3 Å². The zero-order valence-corrected chi connectivity index (χ0v) is 9.67. The van der Waals surface area contributed by atoms with Crippen LogP contribution in [-0.2, 0) is 5.54 Å². The first-order valence-electron chi connectivity index (χ1n) is 5.46. The normalized spacial score (nSPS) is 14.0. The molecule has 1 aromatic carbocycles. The molecule has 88 valence electrons. The minimum absolute atomic E-state index is 0.0325. The molecule has 2 N–H and O–H groups in total. The monoisotopic (exact) mass is 229 g/mol. The maximum atomic E-state index is 9.58. The van der Waals surface area contributed by atoms with Gasteiger partial charge in [0.05, 0.1) is 12.1 Å². The van der Waals surface area contributed by atoms with Crippen molar-refractivity contribution in [2.75, 3.05) is 11.9 Å². The smallest absolute Gasteiger partial charge is 0.223 e. The van der Waals surface area contributed by atoms with Crippen LogP contribution in [0.4, 0.5) is 5.95 Å². The maximum absolute atomic E-state index is 9.58. The molecule has 0 saturated heterocycles. The highest BCUT2D eigenvalue weighted by Gasteiger charge is 2.26. The van der Waals surface area contributed by atoms with Crippen LogP contribution in [0.5, 0.6) is 0 Å². The number of anilines is 1. The van der Waals surface area contributed by atoms with E-state index in [9.17, 15) is 5.11 Å². The van der Waals surface area contributed by atoms with E-state index in [0.717, 1.165) is 5.56 Å². The van der Waals surface area contributed by atoms with Crippen LogP contribution in [0.2, 0.25) is 0 Å². The van der Waals surface area contributed by atoms with Crippen LogP contribution >= 0.6 is 0 Å². The van der Waals surface area contributed by atoms with Crippen LogP contribution in [0.15, 0.2) is 48.8 Å². The molecule has 0 aliphatic rings. The maximum Gasteiger partial charge on any atom is 0.223 e. The summed E-state index contributed by atoms with van der Waals surface area (Å²) in [5.41, 5.74) is 0.415. The molecule has 0 spiro atoms. The lowest BCUT2D eigenvalue weighted by Gasteiger charge is -2.29. The van der Waals surface area contributed by atoms with Gasteiger partial charge in [0.1, 0.15) is 0 Å². The van der Waals surface area contributed by atoms with Gasteiger partial charge in [-0.05, 0) is 18.6 Å². The number of aliphatic hydroxyl groups is 1. The van der Waals surface area contributed by atoms with E-state index in [4.69, 9.17) is 0 Å². The van der Waals surface area contributed by atoms with Gasteiger partial charge in [0.15, 0.2) is 0 Å². The van der Waals surface area contributed by atoms with Crippen molar-refractivity contribution in [3.8, 4) is 0 Å². The average Bonchev–Trinajstić information content (AvgIpc) is 2.41. The largest absolute Gasteiger partial charge is 0.394 e. The SMILES string of the molecule is CC(CO)(Nc1ncccn1)c1ccccc1. The number of nitrogens with zero attached hydrogens (tertiary/aromatic N) is 2. The number of hydrogen-bond acceptors (Lipinski definition) is 4. The van der Waals surface area contributed by atoms with Crippen LogP contribution in [0, 0.1) is 0 Å². The Hall–Kier alpha value is -1.94. The summed E-state index contributed by atoms with van der Waals surface area (Å²) in [7, 11) is 0. The second kappa shape index (κ2) is 4.93. The van der Waals surface area contributed by atoms with Gasteiger partial charge in [0.2, 0.25) is 5.95 Å². The van der Waals surface area contributed by atoms with Crippen molar-refractivity contribution in [2.45, 2.75) is 12.5 Å². The summed E-state index contributed by atoms with van der Waals surface area (Å²) in [6, 6.07) is 11.5. The first-order valence-corrected chi connectivity index (χ1v) is 5.46. The van der Waals surface area contributed by atoms with E-state index in [0.29, 0.717) is 5.95 Å². The Morgan fingerprint density at radius 2 is 1.76 bits per heavy atom. The molecule has 0 amide bonds. The summed E-state index contributed by atoms with van der Waals surface area (Å²) in [4.78, 5) is 8.21. The number of hydrogen-bond donors (Lipinski definition) is 2. The number of aliphatic hydroxyl groups excluding tert-OH is 1. The van der Waals surface area contributed by atoms with E-state index < -0.39 is 5.54 Å². The first kappa shape index (κ1) is 11.5. The molecule has 0 aliphatic heterocycles. The van der Waals surface area contributed by atoms with Gasteiger partial charge in [-0.2, -0.15) is 0 Å². The summed E-state index contributed by atoms with van der Waals surface area (Å²) in [5.74, 6) is 0.507. The Labute approximate surface area is 100 Å². The third kappa shape index (κ3) is 2.60. The van der Waals surface area contributed by atoms with Gasteiger partial charge in [0, 0.05) is 12.4 Å². The second-order valence-corrected chi connectivity index (χ2v) is 4.05. The number of benzene rings is 1. The van der Waals surface area contributed by atoms with Gasteiger partial charge >= 0.3 is 0 Å². The summed E-state index contributed by atoms with van der Waals surface area (Å²) in [5, 5.41) is 12.7. The molecule has 4 heteroatoms. The Balaban J connectivity index is 2.27. The average molecular weight is 229 g/mol. The van der Waals surface area contributed by atoms with Gasteiger partial charge in [-0.1, -0.05) is 30.3 Å². The predicted molar refractivity (Wildman–Crippen MR) is 66.5 cm³/mol. The van der Waals surface area contributed by atoms with Crippen LogP contribution in [0.1, 0.15) is 12.5 Å². The summed E-state index contributed by atoms with van der Waals surface area (Å²) < 4.78 is 0. The lowest BCUT2D eigenvalue weighted by molar-refractivity contribution is 0.223. The fourth-order valence-corrected chi connectivity index (χ4v) is 1.62. The molecule has 0 saturated carbocycles. The molecule has 0 bridgehead atoms. The van der Waals surface area contributed by atoms with E-state index in [1.807, 2.05) is 37.3 Å². The highest BCUT2D eigenvalue weighted by molar-refractivity contribution is 5.36. The summed E-state index contributed by atoms with van der Waals surface area (Å²) >= 11 is 0. The van der Waals surface area contributed by atoms with Crippen molar-refractivity contribution in [1.82, 2.24) is 9.97 Å². The second-order valence-electron chi connectivity index (χ2n) is 4.05. The van der Waals surface area contributed by atoms with E-state index in [1.165, 1.54) is 0 Å². The molecule has 1 aromatic heterocycles. The first-order chi connectivity index (χ1) is 8.24. The van der Waals surface area contributed by atoms with Crippen molar-refractivity contribution in [3.05, 3.63) is 54.4 Å². The highest BCUT2D eigenvalue weighted by Crippen LogP contribution is 2.23. The Morgan fingerprint density at radius 1 is 1.12 bits per heavy atom. The van der Waals surface area contributed by atoms with Gasteiger partial charge in [-0.25, -0.2) is 9.97 Å². The lowest BCUT2D eigenvalue weighted by Crippen LogP contribution is -2.36. The Morgan fingerprint density at radius 3 is 2.35 bits per heavy atom. The molecule has 1 unspecified atom stereocenters. The molecule has 0 radical (unpaired) electrons. The summed E-state index contributed by atoms with van der Waals surface area (Å²) in [6.07, 6.45) is 3.33. The third-order valence-corrected chi connectivity index (χ3v) is 2.68. The van der Waals surface area contributed by atoms with E-state index in [1.54, 1.807) is 18.5 Å². The van der Waals surface area contributed by atoms with Crippen molar-refractivity contribution in [3.63, 3.8) is 0 Å². The topological polar surface area (TPSA) is 58.0 Å². The zero-order valence-electron chi connectivity index (χ0n) is 9.67. The van der Waals surface area contributed by atoms with Gasteiger partial charge in [-0.3, -0.25) is 0 Å². The van der Waals surface area contributed by atoms with Crippen molar-refractivity contribution >= 4 is 5.95 Å². The van der Waals surface area contributed by atoms with Gasteiger partial charge < -0.3 is 10.4 Å². The minimum atomic E-state index is -0.581. The van der Waals surface area contributed by atoms with Crippen molar-refractivity contribution in [2.24, 2.45) is 0 Å². The van der Waals surface area contributed by atoms with Crippen molar-refractivity contribution < 1.29 is 5.11 Å². The highest BCUT2D eigenvalue weighted by atomic mass is 16.3. The molecule has 2 rings (SSSR count). The molecule has 1 heterocycles. The molecule has 0 aliphatic carbocycles. The predicted octanol–water partition coefficient (Wildman–Crippen LogP) is 1.80. The van der Waals surface area contributed by atoms with Crippen molar-refractivity contribution in [1.29, 1.82) is 0 Å². The van der Waals surface area contributed by atoms with E-state index >= 15 is 0 Å². The Bertz CT molecular complexity index is 461. The van der Waals surface area contributed by atoms with Crippen LogP contribution in [0.3, 0.4) is 0 Å². The van der Waals surface area contributed by atoms with Crippen LogP contribution < -0.4 is 5.32 Å². The van der Waals surface area contributed by atoms with E-state index in [-0.39, 0.29) is 6.61 Å². The molecular formula is C13H15N3O. The molecule has 0 fully saturated rings. The Kier molecular flexibility index (Phi) is 3.35. The standard InChI is InChI=1S/C13H15N3O/c1-13(10-17,11-6-3-2-4-7-11)16-12-14-8-5-9-15-12/h2-9,17H,10H2,1H3,(H,14,15,16). The van der Waals surface area contributed by atoms with Gasteiger partial charge in [0.25, 0.3) is 0 Å². The molecular weight excluding hydrogens is 214 g/mol. The van der Waals surface area contributed by atoms with Crippen LogP contribution in [-0.4, -0.2) is 21.7 Å². The molecule has 1 atom stereocenters. The zero-order chi connectivity index (χ0) is 12.1. The molecule has 17 heavy (non-hydrogen) atoms. The van der Waals surface area contributed by atoms with Crippen LogP contribution in [0.25, 0.3) is 0 Å². The molecule has 2 aromatic rings. The minimum Gasteiger partial charge on any atom is -0.394 e. The molecule has 4 nitrogen and oxygen atoms in total. The number of rotatable bonds is 4. The fourth-order valence-electron chi connectivity index (χ4n) is 1.62. The third-order valence-electron chi connectivity index (χ3n) is 2.68. The summed E-state index contributed by atoms with van der Waals surface area (Å²) in [6.45, 7) is 1.88. The lowest BCUT2D eigenvalue weighted by atomic mass is 9.93.